The molecule has 2 N–H and O–H groups in total. The van der Waals surface area contributed by atoms with Crippen LogP contribution in [0.15, 0.2) is 18.3 Å². The number of ether oxygens (including phenoxy) is 1. The maximum absolute atomic E-state index is 13.7. The summed E-state index contributed by atoms with van der Waals surface area (Å²) in [6, 6.07) is 2.48. The third-order valence-electron chi connectivity index (χ3n) is 5.18. The van der Waals surface area contributed by atoms with Gasteiger partial charge in [0.1, 0.15) is 11.6 Å². The summed E-state index contributed by atoms with van der Waals surface area (Å²) in [5, 5.41) is 0. The molecule has 164 valence electrons. The van der Waals surface area contributed by atoms with Crippen molar-refractivity contribution in [2.24, 2.45) is 0 Å². The molecule has 4 heterocycles. The molecule has 0 bridgehead atoms. The van der Waals surface area contributed by atoms with E-state index < -0.39 is 11.7 Å². The summed E-state index contributed by atoms with van der Waals surface area (Å²) in [7, 11) is 0. The molecule has 0 atom stereocenters. The zero-order valence-electron chi connectivity index (χ0n) is 16.4. The van der Waals surface area contributed by atoms with Crippen molar-refractivity contribution in [1.29, 1.82) is 0 Å². The number of aromatic nitrogens is 3. The smallest absolute Gasteiger partial charge is 0.384 e. The van der Waals surface area contributed by atoms with Gasteiger partial charge in [0.15, 0.2) is 0 Å². The largest absolute Gasteiger partial charge is 0.417 e. The molecular formula is C19H24ClF3N6O. The van der Waals surface area contributed by atoms with Crippen LogP contribution in [-0.2, 0) is 10.9 Å². The molecule has 0 spiro atoms. The minimum atomic E-state index is -4.57. The van der Waals surface area contributed by atoms with Crippen molar-refractivity contribution in [3.05, 3.63) is 23.9 Å². The molecule has 0 aromatic carbocycles. The fraction of sp³-hybridized carbons (Fsp3) is 0.526. The van der Waals surface area contributed by atoms with E-state index in [0.717, 1.165) is 44.6 Å². The van der Waals surface area contributed by atoms with Crippen LogP contribution in [0.1, 0.15) is 24.8 Å². The van der Waals surface area contributed by atoms with Gasteiger partial charge in [-0.2, -0.15) is 18.2 Å². The van der Waals surface area contributed by atoms with Gasteiger partial charge in [-0.15, -0.1) is 12.4 Å². The van der Waals surface area contributed by atoms with Crippen molar-refractivity contribution in [1.82, 2.24) is 15.0 Å². The van der Waals surface area contributed by atoms with Gasteiger partial charge in [-0.05, 0) is 25.3 Å². The number of nitrogen functional groups attached to an aromatic ring is 1. The quantitative estimate of drug-likeness (QED) is 0.777. The highest BCUT2D eigenvalue weighted by Crippen LogP contribution is 2.38. The highest BCUT2D eigenvalue weighted by Gasteiger charge is 2.35. The van der Waals surface area contributed by atoms with Gasteiger partial charge in [0.2, 0.25) is 5.95 Å². The van der Waals surface area contributed by atoms with Crippen molar-refractivity contribution in [3.8, 4) is 11.3 Å². The molecule has 2 saturated heterocycles. The number of rotatable bonds is 3. The van der Waals surface area contributed by atoms with Crippen LogP contribution in [0.2, 0.25) is 0 Å². The van der Waals surface area contributed by atoms with E-state index in [1.165, 1.54) is 0 Å². The Morgan fingerprint density at radius 3 is 2.30 bits per heavy atom. The van der Waals surface area contributed by atoms with Gasteiger partial charge in [0.25, 0.3) is 0 Å². The molecule has 2 fully saturated rings. The Labute approximate surface area is 178 Å². The summed E-state index contributed by atoms with van der Waals surface area (Å²) in [6.07, 6.45) is -0.219. The Balaban J connectivity index is 0.00000256. The molecule has 30 heavy (non-hydrogen) atoms. The summed E-state index contributed by atoms with van der Waals surface area (Å²) in [5.41, 5.74) is 4.78. The fourth-order valence-corrected chi connectivity index (χ4v) is 3.66. The third-order valence-corrected chi connectivity index (χ3v) is 5.18. The van der Waals surface area contributed by atoms with Gasteiger partial charge >= 0.3 is 6.18 Å². The summed E-state index contributed by atoms with van der Waals surface area (Å²) in [4.78, 5) is 17.1. The molecule has 2 aromatic heterocycles. The lowest BCUT2D eigenvalue weighted by Crippen LogP contribution is -2.38. The minimum Gasteiger partial charge on any atom is -0.384 e. The van der Waals surface area contributed by atoms with E-state index in [4.69, 9.17) is 10.5 Å². The Morgan fingerprint density at radius 2 is 1.63 bits per heavy atom. The molecule has 0 saturated carbocycles. The number of anilines is 3. The lowest BCUT2D eigenvalue weighted by atomic mass is 10.1. The third kappa shape index (κ3) is 4.86. The van der Waals surface area contributed by atoms with Crippen molar-refractivity contribution < 1.29 is 17.9 Å². The lowest BCUT2D eigenvalue weighted by molar-refractivity contribution is -0.137. The average Bonchev–Trinajstić information content (AvgIpc) is 2.74. The van der Waals surface area contributed by atoms with Crippen LogP contribution in [0.3, 0.4) is 0 Å². The minimum absolute atomic E-state index is 0. The number of alkyl halides is 3. The van der Waals surface area contributed by atoms with Crippen molar-refractivity contribution in [3.63, 3.8) is 0 Å². The molecular weight excluding hydrogens is 421 g/mol. The molecule has 0 unspecified atom stereocenters. The molecule has 2 aliphatic rings. The van der Waals surface area contributed by atoms with E-state index in [1.807, 2.05) is 4.90 Å². The summed E-state index contributed by atoms with van der Waals surface area (Å²) < 4.78 is 46.4. The second-order valence-electron chi connectivity index (χ2n) is 7.21. The van der Waals surface area contributed by atoms with Crippen molar-refractivity contribution in [2.75, 3.05) is 54.9 Å². The second kappa shape index (κ2) is 9.22. The molecule has 0 aliphatic carbocycles. The Kier molecular flexibility index (Phi) is 6.87. The number of pyridine rings is 1. The summed E-state index contributed by atoms with van der Waals surface area (Å²) in [6.45, 7) is 3.90. The lowest BCUT2D eigenvalue weighted by Gasteiger charge is -2.31. The van der Waals surface area contributed by atoms with E-state index in [1.54, 1.807) is 6.07 Å². The number of piperidine rings is 1. The van der Waals surface area contributed by atoms with Gasteiger partial charge in [0.05, 0.1) is 24.5 Å². The Hall–Kier alpha value is -2.33. The molecule has 2 aromatic rings. The zero-order valence-corrected chi connectivity index (χ0v) is 17.2. The number of nitrogens with zero attached hydrogens (tertiary/aromatic N) is 5. The molecule has 0 amide bonds. The molecule has 0 radical (unpaired) electrons. The standard InChI is InChI=1S/C19H23F3N6O.ClH/c20-19(21,22)14-10-16(23)24-12-13(14)15-11-17(27-4-2-1-3-5-27)26-18(25-15)28-6-8-29-9-7-28;/h10-12H,1-9H2,(H2,23,24);1H. The van der Waals surface area contributed by atoms with Gasteiger partial charge < -0.3 is 20.3 Å². The van der Waals surface area contributed by atoms with Crippen LogP contribution in [0.4, 0.5) is 30.8 Å². The van der Waals surface area contributed by atoms with Crippen LogP contribution in [0, 0.1) is 0 Å². The topological polar surface area (TPSA) is 80.4 Å². The van der Waals surface area contributed by atoms with Crippen LogP contribution in [0.25, 0.3) is 11.3 Å². The molecule has 11 heteroatoms. The first kappa shape index (κ1) is 22.4. The normalized spacial score (nSPS) is 17.6. The average molecular weight is 445 g/mol. The Bertz CT molecular complexity index is 834. The van der Waals surface area contributed by atoms with Gasteiger partial charge in [0, 0.05) is 44.0 Å². The first-order valence-corrected chi connectivity index (χ1v) is 9.71. The number of hydrogen-bond acceptors (Lipinski definition) is 7. The predicted octanol–water partition coefficient (Wildman–Crippen LogP) is 3.39. The number of nitrogens with two attached hydrogens (primary N) is 1. The van der Waals surface area contributed by atoms with Crippen molar-refractivity contribution in [2.45, 2.75) is 25.4 Å². The highest BCUT2D eigenvalue weighted by molar-refractivity contribution is 5.85. The Morgan fingerprint density at radius 1 is 0.933 bits per heavy atom. The van der Waals surface area contributed by atoms with Gasteiger partial charge in [-0.3, -0.25) is 0 Å². The van der Waals surface area contributed by atoms with E-state index >= 15 is 0 Å². The van der Waals surface area contributed by atoms with E-state index in [2.05, 4.69) is 19.9 Å². The van der Waals surface area contributed by atoms with Crippen LogP contribution < -0.4 is 15.5 Å². The van der Waals surface area contributed by atoms with Crippen LogP contribution in [-0.4, -0.2) is 54.3 Å². The van der Waals surface area contributed by atoms with Gasteiger partial charge in [-0.25, -0.2) is 9.97 Å². The first-order chi connectivity index (χ1) is 13.9. The maximum Gasteiger partial charge on any atom is 0.417 e. The molecule has 2 aliphatic heterocycles. The van der Waals surface area contributed by atoms with E-state index in [9.17, 15) is 13.2 Å². The highest BCUT2D eigenvalue weighted by atomic mass is 35.5. The monoisotopic (exact) mass is 444 g/mol. The fourth-order valence-electron chi connectivity index (χ4n) is 3.66. The number of morpholine rings is 1. The summed E-state index contributed by atoms with van der Waals surface area (Å²) >= 11 is 0. The van der Waals surface area contributed by atoms with E-state index in [-0.39, 0.29) is 29.5 Å². The number of halogens is 4. The molecule has 4 rings (SSSR count). The van der Waals surface area contributed by atoms with Crippen molar-refractivity contribution >= 4 is 30.0 Å². The predicted molar refractivity (Wildman–Crippen MR) is 111 cm³/mol. The SMILES string of the molecule is Cl.Nc1cc(C(F)(F)F)c(-c2cc(N3CCCCC3)nc(N3CCOCC3)n2)cn1. The second-order valence-corrected chi connectivity index (χ2v) is 7.21. The zero-order chi connectivity index (χ0) is 20.4. The van der Waals surface area contributed by atoms with Gasteiger partial charge in [-0.1, -0.05) is 0 Å². The number of hydrogen-bond donors (Lipinski definition) is 1. The van der Waals surface area contributed by atoms with Crippen LogP contribution >= 0.6 is 12.4 Å². The maximum atomic E-state index is 13.7. The van der Waals surface area contributed by atoms with Crippen LogP contribution in [0.5, 0.6) is 0 Å². The first-order valence-electron chi connectivity index (χ1n) is 9.71. The van der Waals surface area contributed by atoms with E-state index in [0.29, 0.717) is 38.1 Å². The molecule has 7 nitrogen and oxygen atoms in total. The summed E-state index contributed by atoms with van der Waals surface area (Å²) in [5.74, 6) is 0.872.